The molecule has 0 aromatic heterocycles. The third kappa shape index (κ3) is 3.74. The van der Waals surface area contributed by atoms with Crippen LogP contribution in [0, 0.1) is 11.8 Å². The molecular weight excluding hydrogens is 374 g/mol. The van der Waals surface area contributed by atoms with Gasteiger partial charge in [-0.15, -0.1) is 0 Å². The van der Waals surface area contributed by atoms with Gasteiger partial charge in [0.15, 0.2) is 5.78 Å². The molecule has 0 saturated heterocycles. The van der Waals surface area contributed by atoms with E-state index in [9.17, 15) is 9.59 Å². The molecule has 2 aromatic carbocycles. The Balaban J connectivity index is 1.79. The fourth-order valence-corrected chi connectivity index (χ4v) is 4.50. The van der Waals surface area contributed by atoms with E-state index in [-0.39, 0.29) is 18.1 Å². The van der Waals surface area contributed by atoms with Crippen LogP contribution in [0.5, 0.6) is 0 Å². The van der Waals surface area contributed by atoms with Gasteiger partial charge in [0.1, 0.15) is 6.42 Å². The van der Waals surface area contributed by atoms with Gasteiger partial charge in [0, 0.05) is 22.7 Å². The van der Waals surface area contributed by atoms with Crippen molar-refractivity contribution in [1.29, 1.82) is 0 Å². The molecule has 0 amide bonds. The van der Waals surface area contributed by atoms with Crippen LogP contribution < -0.4 is 0 Å². The van der Waals surface area contributed by atoms with E-state index in [2.05, 4.69) is 48.1 Å². The lowest BCUT2D eigenvalue weighted by molar-refractivity contribution is -0.143. The largest absolute Gasteiger partial charge is 0.469 e. The first-order valence-corrected chi connectivity index (χ1v) is 10.6. The molecule has 0 heterocycles. The minimum Gasteiger partial charge on any atom is -0.469 e. The highest BCUT2D eigenvalue weighted by Gasteiger charge is 2.29. The summed E-state index contributed by atoms with van der Waals surface area (Å²) in [4.78, 5) is 29.5. The van der Waals surface area contributed by atoms with Crippen LogP contribution in [0.15, 0.2) is 64.8 Å². The smallest absolute Gasteiger partial charge is 0.313 e. The zero-order valence-corrected chi connectivity index (χ0v) is 17.8. The van der Waals surface area contributed by atoms with Crippen molar-refractivity contribution in [3.63, 3.8) is 0 Å². The maximum absolute atomic E-state index is 12.7. The normalized spacial score (nSPS) is 18.5. The standard InChI is InChI=1S/C26H27NO3/c1-16-12-13-23(22(14-16)17(2)24(28)15-25(29)30-3)27-26-20-10-6-4-8-18(20)19-9-5-7-11-21(19)26/h4-11,16-17H,12-15H2,1-3H3. The van der Waals surface area contributed by atoms with E-state index >= 15 is 0 Å². The van der Waals surface area contributed by atoms with Gasteiger partial charge < -0.3 is 4.74 Å². The quantitative estimate of drug-likeness (QED) is 0.428. The maximum Gasteiger partial charge on any atom is 0.313 e. The molecule has 4 nitrogen and oxygen atoms in total. The zero-order valence-electron chi connectivity index (χ0n) is 17.8. The van der Waals surface area contributed by atoms with Crippen LogP contribution in [0.2, 0.25) is 0 Å². The molecule has 2 unspecified atom stereocenters. The molecule has 0 bridgehead atoms. The van der Waals surface area contributed by atoms with E-state index in [4.69, 9.17) is 4.99 Å². The number of fused-ring (bicyclic) bond motifs is 3. The van der Waals surface area contributed by atoms with E-state index < -0.39 is 5.97 Å². The Morgan fingerprint density at radius 2 is 1.60 bits per heavy atom. The van der Waals surface area contributed by atoms with E-state index in [1.807, 2.05) is 19.1 Å². The van der Waals surface area contributed by atoms with Crippen LogP contribution in [-0.2, 0) is 14.3 Å². The minimum atomic E-state index is -0.484. The molecule has 0 aliphatic heterocycles. The molecular formula is C26H27NO3. The number of hydrogen-bond donors (Lipinski definition) is 0. The average molecular weight is 402 g/mol. The molecule has 2 aromatic rings. The van der Waals surface area contributed by atoms with Crippen molar-refractivity contribution in [1.82, 2.24) is 0 Å². The highest BCUT2D eigenvalue weighted by Crippen LogP contribution is 2.40. The Hall–Kier alpha value is -3.01. The summed E-state index contributed by atoms with van der Waals surface area (Å²) in [5.41, 5.74) is 7.73. The van der Waals surface area contributed by atoms with Gasteiger partial charge in [-0.1, -0.05) is 62.4 Å². The summed E-state index contributed by atoms with van der Waals surface area (Å²) < 4.78 is 4.69. The molecule has 4 heteroatoms. The second kappa shape index (κ2) is 8.39. The Labute approximate surface area is 177 Å². The molecule has 30 heavy (non-hydrogen) atoms. The number of Topliss-reactive ketones (excluding diaryl/α,β-unsaturated/α-hetero) is 1. The second-order valence-corrected chi connectivity index (χ2v) is 8.31. The fraction of sp³-hybridized carbons (Fsp3) is 0.346. The highest BCUT2D eigenvalue weighted by atomic mass is 16.5. The summed E-state index contributed by atoms with van der Waals surface area (Å²) in [5.74, 6) is -0.419. The lowest BCUT2D eigenvalue weighted by atomic mass is 9.80. The van der Waals surface area contributed by atoms with E-state index in [0.717, 1.165) is 47.4 Å². The van der Waals surface area contributed by atoms with Crippen LogP contribution in [0.1, 0.15) is 50.7 Å². The summed E-state index contributed by atoms with van der Waals surface area (Å²) in [6.07, 6.45) is 2.55. The summed E-state index contributed by atoms with van der Waals surface area (Å²) in [7, 11) is 1.31. The molecule has 2 atom stereocenters. The molecule has 0 fully saturated rings. The van der Waals surface area contributed by atoms with Crippen LogP contribution in [0.4, 0.5) is 0 Å². The number of ketones is 1. The molecule has 0 spiro atoms. The minimum absolute atomic E-state index is 0.101. The second-order valence-electron chi connectivity index (χ2n) is 8.31. The third-order valence-electron chi connectivity index (χ3n) is 6.27. The van der Waals surface area contributed by atoms with E-state index in [0.29, 0.717) is 5.92 Å². The number of aliphatic imine (C=N–C) groups is 1. The molecule has 2 aliphatic carbocycles. The first-order valence-electron chi connectivity index (χ1n) is 10.6. The zero-order chi connectivity index (χ0) is 21.3. The fourth-order valence-electron chi connectivity index (χ4n) is 4.50. The van der Waals surface area contributed by atoms with Gasteiger partial charge in [0.2, 0.25) is 0 Å². The number of esters is 1. The predicted molar refractivity (Wildman–Crippen MR) is 118 cm³/mol. The number of nitrogens with zero attached hydrogens (tertiary/aromatic N) is 1. The Morgan fingerprint density at radius 1 is 1.03 bits per heavy atom. The lowest BCUT2D eigenvalue weighted by Gasteiger charge is -2.26. The molecule has 2 aliphatic rings. The van der Waals surface area contributed by atoms with Crippen LogP contribution >= 0.6 is 0 Å². The van der Waals surface area contributed by atoms with Gasteiger partial charge in [0.05, 0.1) is 12.8 Å². The first kappa shape index (κ1) is 20.3. The van der Waals surface area contributed by atoms with Crippen LogP contribution in [0.25, 0.3) is 11.1 Å². The lowest BCUT2D eigenvalue weighted by Crippen LogP contribution is -2.22. The molecule has 4 rings (SSSR count). The van der Waals surface area contributed by atoms with Gasteiger partial charge in [-0.3, -0.25) is 14.6 Å². The van der Waals surface area contributed by atoms with Gasteiger partial charge in [-0.05, 0) is 41.9 Å². The van der Waals surface area contributed by atoms with Crippen molar-refractivity contribution < 1.29 is 14.3 Å². The number of carbonyl (C=O) groups is 2. The van der Waals surface area contributed by atoms with Crippen molar-refractivity contribution in [2.45, 2.75) is 39.5 Å². The van der Waals surface area contributed by atoms with Crippen molar-refractivity contribution in [2.24, 2.45) is 16.8 Å². The number of rotatable bonds is 5. The van der Waals surface area contributed by atoms with Gasteiger partial charge in [-0.2, -0.15) is 0 Å². The number of methoxy groups -OCH3 is 1. The first-order chi connectivity index (χ1) is 14.5. The maximum atomic E-state index is 12.7. The van der Waals surface area contributed by atoms with Crippen molar-refractivity contribution in [3.8, 4) is 11.1 Å². The van der Waals surface area contributed by atoms with Gasteiger partial charge in [0.25, 0.3) is 0 Å². The summed E-state index contributed by atoms with van der Waals surface area (Å²) in [6.45, 7) is 4.11. The summed E-state index contributed by atoms with van der Waals surface area (Å²) >= 11 is 0. The van der Waals surface area contributed by atoms with Crippen molar-refractivity contribution >= 4 is 17.5 Å². The molecule has 154 valence electrons. The summed E-state index contributed by atoms with van der Waals surface area (Å²) in [6, 6.07) is 16.7. The number of hydrogen-bond acceptors (Lipinski definition) is 4. The number of benzene rings is 2. The molecule has 0 radical (unpaired) electrons. The highest BCUT2D eigenvalue weighted by molar-refractivity contribution is 6.24. The van der Waals surface area contributed by atoms with Gasteiger partial charge >= 0.3 is 5.97 Å². The monoisotopic (exact) mass is 401 g/mol. The Kier molecular flexibility index (Phi) is 5.67. The number of carbonyl (C=O) groups excluding carboxylic acids is 2. The van der Waals surface area contributed by atoms with Gasteiger partial charge in [-0.25, -0.2) is 0 Å². The van der Waals surface area contributed by atoms with E-state index in [1.165, 1.54) is 18.2 Å². The van der Waals surface area contributed by atoms with E-state index in [1.54, 1.807) is 0 Å². The molecule has 0 N–H and O–H groups in total. The van der Waals surface area contributed by atoms with Crippen LogP contribution in [0.3, 0.4) is 0 Å². The Morgan fingerprint density at radius 3 is 2.17 bits per heavy atom. The third-order valence-corrected chi connectivity index (χ3v) is 6.27. The number of ether oxygens (including phenoxy) is 1. The topological polar surface area (TPSA) is 55.7 Å². The average Bonchev–Trinajstić information content (AvgIpc) is 3.08. The van der Waals surface area contributed by atoms with Crippen molar-refractivity contribution in [3.05, 3.63) is 70.9 Å². The SMILES string of the molecule is COC(=O)CC(=O)C(C)C1=C(N=C2c3ccccc3-c3ccccc32)CCC(C)C1. The van der Waals surface area contributed by atoms with Crippen molar-refractivity contribution in [2.75, 3.05) is 7.11 Å². The van der Waals surface area contributed by atoms with Crippen LogP contribution in [-0.4, -0.2) is 24.6 Å². The Bertz CT molecular complexity index is 1020. The summed E-state index contributed by atoms with van der Waals surface area (Å²) in [5, 5.41) is 0. The predicted octanol–water partition coefficient (Wildman–Crippen LogP) is 5.35. The molecule has 0 saturated carbocycles. The number of allylic oxidation sites excluding steroid dienone is 2.